The van der Waals surface area contributed by atoms with E-state index >= 15 is 0 Å². The minimum Gasteiger partial charge on any atom is -0.273 e. The third kappa shape index (κ3) is 2.80. The van der Waals surface area contributed by atoms with Crippen molar-refractivity contribution in [2.75, 3.05) is 14.4 Å². The summed E-state index contributed by atoms with van der Waals surface area (Å²) in [6.45, 7) is 3.47. The van der Waals surface area contributed by atoms with Crippen LogP contribution in [0.25, 0.3) is 0 Å². The second kappa shape index (κ2) is 6.31. The molecule has 0 radical (unpaired) electrons. The van der Waals surface area contributed by atoms with Gasteiger partial charge in [-0.05, 0) is 55.7 Å². The first-order chi connectivity index (χ1) is 13.1. The van der Waals surface area contributed by atoms with Crippen LogP contribution >= 0.6 is 0 Å². The molecule has 148 valence electrons. The van der Waals surface area contributed by atoms with Crippen LogP contribution in [0.15, 0.2) is 47.4 Å². The monoisotopic (exact) mass is 420 g/mol. The number of hydrogen-bond donors (Lipinski definition) is 0. The van der Waals surface area contributed by atoms with Crippen molar-refractivity contribution < 1.29 is 21.6 Å². The third-order valence-corrected chi connectivity index (χ3v) is 8.93. The summed E-state index contributed by atoms with van der Waals surface area (Å²) in [6, 6.07) is 11.4. The Labute approximate surface area is 164 Å². The SMILES string of the molecule is Cc1cc(N2C(=O)CCS2(=O)=O)ccc1S(=O)(=O)N1c2ccccc2C[C@H]1C. The Kier molecular flexibility index (Phi) is 4.27. The number of rotatable bonds is 3. The number of benzene rings is 2. The number of aryl methyl sites for hydroxylation is 1. The first-order valence-corrected chi connectivity index (χ1v) is 12.0. The van der Waals surface area contributed by atoms with Crippen LogP contribution in [-0.2, 0) is 31.3 Å². The maximum atomic E-state index is 13.4. The second-order valence-electron chi connectivity index (χ2n) is 7.16. The minimum absolute atomic E-state index is 0.0660. The number of carbonyl (C=O) groups is 1. The maximum Gasteiger partial charge on any atom is 0.264 e. The van der Waals surface area contributed by atoms with Crippen molar-refractivity contribution in [1.82, 2.24) is 0 Å². The smallest absolute Gasteiger partial charge is 0.264 e. The molecule has 1 fully saturated rings. The van der Waals surface area contributed by atoms with Crippen LogP contribution in [0.3, 0.4) is 0 Å². The minimum atomic E-state index is -3.83. The van der Waals surface area contributed by atoms with Gasteiger partial charge in [0.2, 0.25) is 15.9 Å². The summed E-state index contributed by atoms with van der Waals surface area (Å²) in [7, 11) is -7.53. The van der Waals surface area contributed by atoms with Crippen molar-refractivity contribution in [2.24, 2.45) is 0 Å². The molecule has 0 aromatic heterocycles. The Morgan fingerprint density at radius 2 is 1.82 bits per heavy atom. The lowest BCUT2D eigenvalue weighted by Gasteiger charge is -2.26. The molecule has 0 aliphatic carbocycles. The van der Waals surface area contributed by atoms with Crippen LogP contribution in [0.2, 0.25) is 0 Å². The molecule has 0 spiro atoms. The molecule has 28 heavy (non-hydrogen) atoms. The number of anilines is 2. The van der Waals surface area contributed by atoms with Gasteiger partial charge in [-0.25, -0.2) is 21.1 Å². The van der Waals surface area contributed by atoms with E-state index in [4.69, 9.17) is 0 Å². The maximum absolute atomic E-state index is 13.4. The van der Waals surface area contributed by atoms with E-state index in [1.165, 1.54) is 22.5 Å². The molecule has 0 N–H and O–H groups in total. The molecule has 2 heterocycles. The fraction of sp³-hybridized carbons (Fsp3) is 0.316. The van der Waals surface area contributed by atoms with Gasteiger partial charge in [0.25, 0.3) is 10.0 Å². The van der Waals surface area contributed by atoms with Gasteiger partial charge < -0.3 is 0 Å². The Morgan fingerprint density at radius 3 is 2.46 bits per heavy atom. The molecule has 4 rings (SSSR count). The van der Waals surface area contributed by atoms with E-state index < -0.39 is 26.0 Å². The predicted molar refractivity (Wildman–Crippen MR) is 106 cm³/mol. The first-order valence-electron chi connectivity index (χ1n) is 8.92. The van der Waals surface area contributed by atoms with Crippen LogP contribution in [-0.4, -0.2) is 34.5 Å². The molecule has 9 heteroatoms. The average Bonchev–Trinajstić information content (AvgIpc) is 3.09. The van der Waals surface area contributed by atoms with E-state index in [0.29, 0.717) is 17.7 Å². The van der Waals surface area contributed by atoms with E-state index in [1.54, 1.807) is 19.1 Å². The molecule has 1 atom stereocenters. The van der Waals surface area contributed by atoms with Gasteiger partial charge in [-0.3, -0.25) is 9.10 Å². The topological polar surface area (TPSA) is 91.8 Å². The summed E-state index contributed by atoms with van der Waals surface area (Å²) in [5, 5.41) is 0. The van der Waals surface area contributed by atoms with Gasteiger partial charge in [-0.15, -0.1) is 0 Å². The molecule has 2 aliphatic rings. The Hall–Kier alpha value is -2.39. The van der Waals surface area contributed by atoms with Crippen molar-refractivity contribution in [1.29, 1.82) is 0 Å². The summed E-state index contributed by atoms with van der Waals surface area (Å²) in [4.78, 5) is 12.1. The number of amides is 1. The molecule has 1 saturated heterocycles. The summed E-state index contributed by atoms with van der Waals surface area (Å²) in [5.41, 5.74) is 2.20. The van der Waals surface area contributed by atoms with Gasteiger partial charge in [0, 0.05) is 12.5 Å². The zero-order valence-electron chi connectivity index (χ0n) is 15.5. The molecule has 0 bridgehead atoms. The summed E-state index contributed by atoms with van der Waals surface area (Å²) >= 11 is 0. The molecule has 0 unspecified atom stereocenters. The number of nitrogens with zero attached hydrogens (tertiary/aromatic N) is 2. The van der Waals surface area contributed by atoms with Crippen LogP contribution in [0.5, 0.6) is 0 Å². The van der Waals surface area contributed by atoms with Crippen LogP contribution < -0.4 is 8.61 Å². The van der Waals surface area contributed by atoms with Gasteiger partial charge in [0.15, 0.2) is 0 Å². The fourth-order valence-corrected chi connectivity index (χ4v) is 7.28. The number of hydrogen-bond acceptors (Lipinski definition) is 5. The fourth-order valence-electron chi connectivity index (χ4n) is 3.93. The average molecular weight is 421 g/mol. The first kappa shape index (κ1) is 18.9. The number of para-hydroxylation sites is 1. The van der Waals surface area contributed by atoms with E-state index in [0.717, 1.165) is 9.87 Å². The molecule has 1 amide bonds. The van der Waals surface area contributed by atoms with E-state index in [1.807, 2.05) is 19.1 Å². The van der Waals surface area contributed by atoms with Gasteiger partial charge in [0.1, 0.15) is 0 Å². The van der Waals surface area contributed by atoms with Crippen LogP contribution in [0.1, 0.15) is 24.5 Å². The van der Waals surface area contributed by atoms with Crippen molar-refractivity contribution in [3.63, 3.8) is 0 Å². The number of carbonyl (C=O) groups excluding carboxylic acids is 1. The zero-order valence-corrected chi connectivity index (χ0v) is 17.1. The summed E-state index contributed by atoms with van der Waals surface area (Å²) in [5.74, 6) is -0.732. The predicted octanol–water partition coefficient (Wildman–Crippen LogP) is 2.20. The lowest BCUT2D eigenvalue weighted by atomic mass is 10.1. The van der Waals surface area contributed by atoms with Gasteiger partial charge in [-0.2, -0.15) is 0 Å². The number of fused-ring (bicyclic) bond motifs is 1. The molecule has 2 aromatic carbocycles. The van der Waals surface area contributed by atoms with E-state index in [2.05, 4.69) is 0 Å². The molecule has 2 aliphatic heterocycles. The van der Waals surface area contributed by atoms with Crippen LogP contribution in [0.4, 0.5) is 11.4 Å². The molecular weight excluding hydrogens is 400 g/mol. The van der Waals surface area contributed by atoms with Crippen molar-refractivity contribution in [3.8, 4) is 0 Å². The largest absolute Gasteiger partial charge is 0.273 e. The van der Waals surface area contributed by atoms with Gasteiger partial charge in [-0.1, -0.05) is 18.2 Å². The zero-order chi connectivity index (χ0) is 20.3. The highest BCUT2D eigenvalue weighted by Crippen LogP contribution is 2.38. The Bertz CT molecular complexity index is 1190. The Balaban J connectivity index is 1.77. The van der Waals surface area contributed by atoms with Crippen molar-refractivity contribution >= 4 is 37.3 Å². The quantitative estimate of drug-likeness (QED) is 0.759. The van der Waals surface area contributed by atoms with Crippen molar-refractivity contribution in [3.05, 3.63) is 53.6 Å². The summed E-state index contributed by atoms with van der Waals surface area (Å²) in [6.07, 6.45) is 0.566. The molecule has 7 nitrogen and oxygen atoms in total. The highest BCUT2D eigenvalue weighted by molar-refractivity contribution is 7.94. The molecule has 2 aromatic rings. The third-order valence-electron chi connectivity index (χ3n) is 5.15. The van der Waals surface area contributed by atoms with Gasteiger partial charge >= 0.3 is 0 Å². The Morgan fingerprint density at radius 1 is 1.11 bits per heavy atom. The molecule has 0 saturated carbocycles. The van der Waals surface area contributed by atoms with E-state index in [9.17, 15) is 21.6 Å². The number of sulfonamides is 2. The summed E-state index contributed by atoms with van der Waals surface area (Å²) < 4.78 is 53.2. The van der Waals surface area contributed by atoms with Crippen LogP contribution in [0, 0.1) is 6.92 Å². The highest BCUT2D eigenvalue weighted by Gasteiger charge is 2.39. The van der Waals surface area contributed by atoms with Crippen molar-refractivity contribution in [2.45, 2.75) is 37.6 Å². The van der Waals surface area contributed by atoms with E-state index in [-0.39, 0.29) is 28.8 Å². The lowest BCUT2D eigenvalue weighted by molar-refractivity contribution is -0.116. The highest BCUT2D eigenvalue weighted by atomic mass is 32.2. The van der Waals surface area contributed by atoms with Gasteiger partial charge in [0.05, 0.1) is 22.0 Å². The normalized spacial score (nSPS) is 21.2. The molecular formula is C19H20N2O5S2. The second-order valence-corrected chi connectivity index (χ2v) is 10.9. The standard InChI is InChI=1S/C19H20N2O5S2/c1-13-11-16(21-19(22)9-10-27(21,23)24)7-8-18(13)28(25,26)20-14(2)12-15-5-3-4-6-17(15)20/h3-8,11,14H,9-10,12H2,1-2H3/t14-/m1/s1. The lowest BCUT2D eigenvalue weighted by Crippen LogP contribution is -2.36.